The summed E-state index contributed by atoms with van der Waals surface area (Å²) in [4.78, 5) is 14.2. The summed E-state index contributed by atoms with van der Waals surface area (Å²) in [5, 5.41) is 6.59. The van der Waals surface area contributed by atoms with Crippen LogP contribution in [0.2, 0.25) is 0 Å². The minimum atomic E-state index is -0.0581. The number of rotatable bonds is 6. The number of fused-ring (bicyclic) bond motifs is 1. The predicted molar refractivity (Wildman–Crippen MR) is 120 cm³/mol. The van der Waals surface area contributed by atoms with Gasteiger partial charge in [-0.05, 0) is 52.7 Å². The predicted octanol–water partition coefficient (Wildman–Crippen LogP) is 4.71. The molecule has 30 heavy (non-hydrogen) atoms. The first-order valence-corrected chi connectivity index (χ1v) is 9.72. The summed E-state index contributed by atoms with van der Waals surface area (Å²) in [5.41, 5.74) is 2.93. The second kappa shape index (κ2) is 8.66. The molecule has 1 heterocycles. The van der Waals surface area contributed by atoms with Gasteiger partial charge in [-0.2, -0.15) is 5.10 Å². The van der Waals surface area contributed by atoms with E-state index >= 15 is 0 Å². The number of carbonyl (C=O) groups excluding carboxylic acids is 1. The van der Waals surface area contributed by atoms with Crippen molar-refractivity contribution in [3.63, 3.8) is 0 Å². The lowest BCUT2D eigenvalue weighted by molar-refractivity contribution is -0.125. The number of aromatic nitrogens is 2. The molecule has 5 heteroatoms. The van der Waals surface area contributed by atoms with Gasteiger partial charge in [0.2, 0.25) is 5.91 Å². The molecular weight excluding hydrogens is 374 g/mol. The fourth-order valence-corrected chi connectivity index (χ4v) is 3.29. The third-order valence-corrected chi connectivity index (χ3v) is 4.95. The number of benzene rings is 3. The van der Waals surface area contributed by atoms with E-state index in [1.54, 1.807) is 42.1 Å². The van der Waals surface area contributed by atoms with Crippen LogP contribution in [0, 0.1) is 0 Å². The van der Waals surface area contributed by atoms with E-state index in [9.17, 15) is 4.79 Å². The fourth-order valence-electron chi connectivity index (χ4n) is 3.29. The number of hydrogen-bond donors (Lipinski definition) is 0. The van der Waals surface area contributed by atoms with Crippen LogP contribution in [0.4, 0.5) is 0 Å². The lowest BCUT2D eigenvalue weighted by Crippen LogP contribution is -2.24. The summed E-state index contributed by atoms with van der Waals surface area (Å²) < 4.78 is 7.06. The number of ether oxygens (including phenoxy) is 1. The molecule has 5 nitrogen and oxygen atoms in total. The highest BCUT2D eigenvalue weighted by Gasteiger charge is 2.07. The topological polar surface area (TPSA) is 47.4 Å². The SMILES string of the molecule is COc1ccc2cc(CN(C)C(=O)/C=C/c3cnn(-c4ccccc4)c3)ccc2c1. The fraction of sp³-hybridized carbons (Fsp3) is 0.120. The molecule has 3 aromatic carbocycles. The molecular formula is C25H23N3O2. The molecule has 0 unspecified atom stereocenters. The minimum Gasteiger partial charge on any atom is -0.497 e. The largest absolute Gasteiger partial charge is 0.497 e. The number of likely N-dealkylation sites (N-methyl/N-ethyl adjacent to an activating group) is 1. The van der Waals surface area contributed by atoms with Crippen LogP contribution in [0.3, 0.4) is 0 Å². The Morgan fingerprint density at radius 3 is 2.63 bits per heavy atom. The van der Waals surface area contributed by atoms with Crippen LogP contribution >= 0.6 is 0 Å². The summed E-state index contributed by atoms with van der Waals surface area (Å²) in [6.07, 6.45) is 7.02. The Morgan fingerprint density at radius 2 is 1.83 bits per heavy atom. The van der Waals surface area contributed by atoms with Gasteiger partial charge in [0.15, 0.2) is 0 Å². The highest BCUT2D eigenvalue weighted by molar-refractivity contribution is 5.91. The molecule has 1 aromatic heterocycles. The summed E-state index contributed by atoms with van der Waals surface area (Å²) in [6.45, 7) is 0.536. The van der Waals surface area contributed by atoms with Crippen molar-refractivity contribution < 1.29 is 9.53 Å². The van der Waals surface area contributed by atoms with E-state index in [-0.39, 0.29) is 5.91 Å². The monoisotopic (exact) mass is 397 g/mol. The van der Waals surface area contributed by atoms with Crippen LogP contribution in [-0.2, 0) is 11.3 Å². The Balaban J connectivity index is 1.41. The van der Waals surface area contributed by atoms with E-state index in [0.717, 1.165) is 33.3 Å². The molecule has 0 bridgehead atoms. The minimum absolute atomic E-state index is 0.0581. The molecule has 0 saturated heterocycles. The Morgan fingerprint density at radius 1 is 1.07 bits per heavy atom. The second-order valence-corrected chi connectivity index (χ2v) is 7.13. The molecule has 0 saturated carbocycles. The van der Waals surface area contributed by atoms with Gasteiger partial charge in [0.05, 0.1) is 19.0 Å². The quantitative estimate of drug-likeness (QED) is 0.443. The maximum atomic E-state index is 12.5. The van der Waals surface area contributed by atoms with E-state index in [0.29, 0.717) is 6.54 Å². The number of methoxy groups -OCH3 is 1. The highest BCUT2D eigenvalue weighted by atomic mass is 16.5. The van der Waals surface area contributed by atoms with Crippen LogP contribution in [0.5, 0.6) is 5.75 Å². The molecule has 0 aliphatic carbocycles. The van der Waals surface area contributed by atoms with E-state index in [2.05, 4.69) is 17.2 Å². The number of amides is 1. The lowest BCUT2D eigenvalue weighted by Gasteiger charge is -2.15. The second-order valence-electron chi connectivity index (χ2n) is 7.13. The number of nitrogens with zero attached hydrogens (tertiary/aromatic N) is 3. The van der Waals surface area contributed by atoms with Crippen LogP contribution in [0.25, 0.3) is 22.5 Å². The van der Waals surface area contributed by atoms with Crippen molar-refractivity contribution in [3.05, 3.63) is 96.3 Å². The van der Waals surface area contributed by atoms with Gasteiger partial charge >= 0.3 is 0 Å². The molecule has 150 valence electrons. The number of hydrogen-bond acceptors (Lipinski definition) is 3. The smallest absolute Gasteiger partial charge is 0.246 e. The number of carbonyl (C=O) groups is 1. The zero-order valence-corrected chi connectivity index (χ0v) is 17.0. The van der Waals surface area contributed by atoms with Crippen molar-refractivity contribution in [2.45, 2.75) is 6.54 Å². The van der Waals surface area contributed by atoms with E-state index in [4.69, 9.17) is 4.74 Å². The van der Waals surface area contributed by atoms with Crippen molar-refractivity contribution in [1.82, 2.24) is 14.7 Å². The molecule has 4 aromatic rings. The van der Waals surface area contributed by atoms with Gasteiger partial charge in [-0.3, -0.25) is 4.79 Å². The van der Waals surface area contributed by atoms with Crippen molar-refractivity contribution in [2.24, 2.45) is 0 Å². The first-order valence-electron chi connectivity index (χ1n) is 9.72. The zero-order chi connectivity index (χ0) is 20.9. The van der Waals surface area contributed by atoms with E-state index in [1.165, 1.54) is 0 Å². The molecule has 0 aliphatic rings. The first kappa shape index (κ1) is 19.5. The Labute approximate surface area is 175 Å². The Bertz CT molecular complexity index is 1200. The molecule has 0 N–H and O–H groups in total. The van der Waals surface area contributed by atoms with Gasteiger partial charge in [-0.1, -0.05) is 36.4 Å². The van der Waals surface area contributed by atoms with Gasteiger partial charge in [-0.25, -0.2) is 4.68 Å². The average Bonchev–Trinajstić information content (AvgIpc) is 3.26. The van der Waals surface area contributed by atoms with Crippen LogP contribution in [0.1, 0.15) is 11.1 Å². The Hall–Kier alpha value is -3.86. The molecule has 0 atom stereocenters. The van der Waals surface area contributed by atoms with Gasteiger partial charge in [0.1, 0.15) is 5.75 Å². The maximum Gasteiger partial charge on any atom is 0.246 e. The number of para-hydroxylation sites is 1. The van der Waals surface area contributed by atoms with Crippen molar-refractivity contribution >= 4 is 22.8 Å². The van der Waals surface area contributed by atoms with Gasteiger partial charge in [0.25, 0.3) is 0 Å². The van der Waals surface area contributed by atoms with Crippen LogP contribution in [-0.4, -0.2) is 34.7 Å². The van der Waals surface area contributed by atoms with Crippen LogP contribution in [0.15, 0.2) is 85.2 Å². The normalized spacial score (nSPS) is 11.1. The lowest BCUT2D eigenvalue weighted by atomic mass is 10.1. The summed E-state index contributed by atoms with van der Waals surface area (Å²) in [7, 11) is 3.47. The highest BCUT2D eigenvalue weighted by Crippen LogP contribution is 2.22. The first-order chi connectivity index (χ1) is 14.6. The van der Waals surface area contributed by atoms with Crippen molar-refractivity contribution in [2.75, 3.05) is 14.2 Å². The zero-order valence-electron chi connectivity index (χ0n) is 17.0. The molecule has 0 spiro atoms. The standard InChI is InChI=1S/C25H23N3O2/c1-27(17-19-8-10-22-15-24(30-2)12-11-21(22)14-19)25(29)13-9-20-16-26-28(18-20)23-6-4-3-5-7-23/h3-16,18H,17H2,1-2H3/b13-9+. The van der Waals surface area contributed by atoms with Gasteiger partial charge in [-0.15, -0.1) is 0 Å². The Kier molecular flexibility index (Phi) is 5.61. The van der Waals surface area contributed by atoms with Crippen LogP contribution < -0.4 is 4.74 Å². The van der Waals surface area contributed by atoms with Crippen molar-refractivity contribution in [1.29, 1.82) is 0 Å². The molecule has 0 fully saturated rings. The third kappa shape index (κ3) is 4.41. The third-order valence-electron chi connectivity index (χ3n) is 4.95. The molecule has 1 amide bonds. The van der Waals surface area contributed by atoms with Gasteiger partial charge in [0, 0.05) is 31.4 Å². The molecule has 0 aliphatic heterocycles. The van der Waals surface area contributed by atoms with E-state index in [1.807, 2.05) is 60.8 Å². The van der Waals surface area contributed by atoms with Gasteiger partial charge < -0.3 is 9.64 Å². The maximum absolute atomic E-state index is 12.5. The average molecular weight is 397 g/mol. The summed E-state index contributed by atoms with van der Waals surface area (Å²) >= 11 is 0. The molecule has 0 radical (unpaired) electrons. The van der Waals surface area contributed by atoms with E-state index < -0.39 is 0 Å². The summed E-state index contributed by atoms with van der Waals surface area (Å²) in [6, 6.07) is 22.1. The van der Waals surface area contributed by atoms with Crippen molar-refractivity contribution in [3.8, 4) is 11.4 Å². The summed E-state index contributed by atoms with van der Waals surface area (Å²) in [5.74, 6) is 0.778. The molecule has 4 rings (SSSR count).